The molecule has 0 fully saturated rings. The third kappa shape index (κ3) is 2.22. The second-order valence-electron chi connectivity index (χ2n) is 0.784. The second-order valence-corrected chi connectivity index (χ2v) is 0.966. The van der Waals surface area contributed by atoms with Gasteiger partial charge >= 0.3 is 5.97 Å². The van der Waals surface area contributed by atoms with Crippen molar-refractivity contribution in [3.63, 3.8) is 0 Å². The first kappa shape index (κ1) is 6.49. The predicted molar refractivity (Wildman–Crippen MR) is 25.3 cm³/mol. The lowest BCUT2D eigenvalue weighted by Gasteiger charge is -1.85. The number of halogens is 1. The standard InChI is InChI=1S/C3H3FO2S/c1-2(4)3(5)6-7/h7H,1H2. The van der Waals surface area contributed by atoms with Gasteiger partial charge in [0.15, 0.2) is 0 Å². The predicted octanol–water partition coefficient (Wildman–Crippen LogP) is 0.858. The molecule has 0 aromatic rings. The molecular weight excluding hydrogens is 119 g/mol. The molecular formula is C3H3FO2S. The summed E-state index contributed by atoms with van der Waals surface area (Å²) < 4.78 is 15.0. The summed E-state index contributed by atoms with van der Waals surface area (Å²) in [5.41, 5.74) is 0. The van der Waals surface area contributed by atoms with E-state index in [0.29, 0.717) is 0 Å². The van der Waals surface area contributed by atoms with E-state index in [1.165, 1.54) is 0 Å². The topological polar surface area (TPSA) is 26.3 Å². The number of carbonyl (C=O) groups excluding carboxylic acids is 1. The highest BCUT2D eigenvalue weighted by atomic mass is 32.1. The van der Waals surface area contributed by atoms with Crippen molar-refractivity contribution < 1.29 is 13.4 Å². The molecule has 0 radical (unpaired) electrons. The Bertz CT molecular complexity index is 101. The van der Waals surface area contributed by atoms with Gasteiger partial charge in [0.1, 0.15) is 0 Å². The molecule has 0 heterocycles. The van der Waals surface area contributed by atoms with Gasteiger partial charge in [-0.05, 0) is 0 Å². The minimum Gasteiger partial charge on any atom is -0.389 e. The van der Waals surface area contributed by atoms with Crippen LogP contribution >= 0.6 is 12.9 Å². The summed E-state index contributed by atoms with van der Waals surface area (Å²) in [6, 6.07) is 0. The SMILES string of the molecule is C=C(F)C(=O)OS. The van der Waals surface area contributed by atoms with Crippen molar-refractivity contribution in [1.29, 1.82) is 0 Å². The molecule has 0 atom stereocenters. The Labute approximate surface area is 45.6 Å². The van der Waals surface area contributed by atoms with E-state index in [4.69, 9.17) is 0 Å². The zero-order valence-electron chi connectivity index (χ0n) is 3.35. The lowest BCUT2D eigenvalue weighted by atomic mass is 10.6. The first-order chi connectivity index (χ1) is 3.18. The zero-order valence-corrected chi connectivity index (χ0v) is 4.24. The van der Waals surface area contributed by atoms with Crippen LogP contribution in [0.2, 0.25) is 0 Å². The monoisotopic (exact) mass is 122 g/mol. The lowest BCUT2D eigenvalue weighted by molar-refractivity contribution is -0.130. The van der Waals surface area contributed by atoms with Crippen molar-refractivity contribution in [2.45, 2.75) is 0 Å². The molecule has 40 valence electrons. The molecule has 0 aliphatic carbocycles. The minimum absolute atomic E-state index is 1.14. The molecule has 4 heteroatoms. The van der Waals surface area contributed by atoms with E-state index < -0.39 is 11.8 Å². The molecule has 0 saturated heterocycles. The summed E-state index contributed by atoms with van der Waals surface area (Å²) in [6.07, 6.45) is 0. The Morgan fingerprint density at radius 3 is 2.29 bits per heavy atom. The molecule has 0 bridgehead atoms. The van der Waals surface area contributed by atoms with Crippen LogP contribution in [0.5, 0.6) is 0 Å². The van der Waals surface area contributed by atoms with Crippen molar-refractivity contribution >= 4 is 18.9 Å². The molecule has 0 amide bonds. The third-order valence-corrected chi connectivity index (χ3v) is 0.470. The summed E-state index contributed by atoms with van der Waals surface area (Å²) in [5.74, 6) is -2.29. The fourth-order valence-corrected chi connectivity index (χ4v) is 0.149. The normalized spacial score (nSPS) is 7.71. The Hall–Kier alpha value is -0.510. The van der Waals surface area contributed by atoms with Crippen LogP contribution in [-0.2, 0) is 8.98 Å². The van der Waals surface area contributed by atoms with Gasteiger partial charge in [-0.2, -0.15) is 4.39 Å². The average Bonchev–Trinajstić information content (AvgIpc) is 1.65. The van der Waals surface area contributed by atoms with Gasteiger partial charge < -0.3 is 4.18 Å². The maximum atomic E-state index is 11.4. The Balaban J connectivity index is 3.58. The summed E-state index contributed by atoms with van der Waals surface area (Å²) in [6.45, 7) is 2.64. The first-order valence-electron chi connectivity index (χ1n) is 1.38. The summed E-state index contributed by atoms with van der Waals surface area (Å²) in [5, 5.41) is 0. The van der Waals surface area contributed by atoms with Gasteiger partial charge in [-0.1, -0.05) is 6.58 Å². The number of rotatable bonds is 1. The molecule has 0 unspecified atom stereocenters. The third-order valence-electron chi connectivity index (χ3n) is 0.304. The maximum absolute atomic E-state index is 11.4. The van der Waals surface area contributed by atoms with Crippen molar-refractivity contribution in [3.05, 3.63) is 12.4 Å². The number of hydrogen-bond donors (Lipinski definition) is 1. The smallest absolute Gasteiger partial charge is 0.378 e. The van der Waals surface area contributed by atoms with Crippen molar-refractivity contribution in [2.75, 3.05) is 0 Å². The van der Waals surface area contributed by atoms with E-state index in [2.05, 4.69) is 23.7 Å². The van der Waals surface area contributed by atoms with Crippen LogP contribution in [0.15, 0.2) is 12.4 Å². The quantitative estimate of drug-likeness (QED) is 0.317. The van der Waals surface area contributed by atoms with Crippen LogP contribution < -0.4 is 0 Å². The van der Waals surface area contributed by atoms with E-state index in [1.807, 2.05) is 0 Å². The van der Waals surface area contributed by atoms with E-state index in [-0.39, 0.29) is 0 Å². The van der Waals surface area contributed by atoms with Crippen LogP contribution in [-0.4, -0.2) is 5.97 Å². The van der Waals surface area contributed by atoms with Crippen LogP contribution in [0.3, 0.4) is 0 Å². The van der Waals surface area contributed by atoms with Crippen LogP contribution in [0.25, 0.3) is 0 Å². The van der Waals surface area contributed by atoms with E-state index in [0.717, 1.165) is 0 Å². The van der Waals surface area contributed by atoms with Gasteiger partial charge in [-0.15, -0.1) is 0 Å². The fraction of sp³-hybridized carbons (Fsp3) is 0. The summed E-state index contributed by atoms with van der Waals surface area (Å²) in [7, 11) is 0. The first-order valence-corrected chi connectivity index (χ1v) is 1.75. The number of carbonyl (C=O) groups is 1. The van der Waals surface area contributed by atoms with Crippen LogP contribution in [0.4, 0.5) is 4.39 Å². The van der Waals surface area contributed by atoms with Crippen molar-refractivity contribution in [2.24, 2.45) is 0 Å². The second kappa shape index (κ2) is 2.63. The summed E-state index contributed by atoms with van der Waals surface area (Å²) >= 11 is 3.00. The van der Waals surface area contributed by atoms with Gasteiger partial charge in [0.2, 0.25) is 5.83 Å². The number of hydrogen-bond acceptors (Lipinski definition) is 3. The van der Waals surface area contributed by atoms with E-state index >= 15 is 0 Å². The van der Waals surface area contributed by atoms with Crippen LogP contribution in [0.1, 0.15) is 0 Å². The Kier molecular flexibility index (Phi) is 2.44. The van der Waals surface area contributed by atoms with Crippen molar-refractivity contribution in [3.8, 4) is 0 Å². The van der Waals surface area contributed by atoms with Gasteiger partial charge in [-0.3, -0.25) is 0 Å². The zero-order chi connectivity index (χ0) is 5.86. The molecule has 7 heavy (non-hydrogen) atoms. The largest absolute Gasteiger partial charge is 0.389 e. The highest BCUT2D eigenvalue weighted by Gasteiger charge is 2.02. The lowest BCUT2D eigenvalue weighted by Crippen LogP contribution is -1.93. The molecule has 2 nitrogen and oxygen atoms in total. The van der Waals surface area contributed by atoms with Gasteiger partial charge in [-0.25, -0.2) is 4.79 Å². The van der Waals surface area contributed by atoms with Gasteiger partial charge in [0.05, 0.1) is 0 Å². The molecule has 0 spiro atoms. The molecule has 0 aromatic heterocycles. The van der Waals surface area contributed by atoms with Crippen LogP contribution in [0, 0.1) is 0 Å². The Morgan fingerprint density at radius 1 is 1.86 bits per heavy atom. The molecule has 0 aliphatic rings. The Morgan fingerprint density at radius 2 is 2.29 bits per heavy atom. The van der Waals surface area contributed by atoms with E-state index in [1.54, 1.807) is 0 Å². The minimum atomic E-state index is -1.15. The average molecular weight is 122 g/mol. The molecule has 0 aliphatic heterocycles. The van der Waals surface area contributed by atoms with Crippen molar-refractivity contribution in [1.82, 2.24) is 0 Å². The van der Waals surface area contributed by atoms with E-state index in [9.17, 15) is 9.18 Å². The molecule has 0 N–H and O–H groups in total. The number of thiol groups is 1. The maximum Gasteiger partial charge on any atom is 0.378 e. The highest BCUT2D eigenvalue weighted by Crippen LogP contribution is 1.95. The highest BCUT2D eigenvalue weighted by molar-refractivity contribution is 7.75. The van der Waals surface area contributed by atoms with Gasteiger partial charge in [0.25, 0.3) is 0 Å². The molecule has 0 aromatic carbocycles. The summed E-state index contributed by atoms with van der Waals surface area (Å²) in [4.78, 5) is 9.74. The molecule has 0 saturated carbocycles. The fourth-order valence-electron chi connectivity index (χ4n) is 0.0495. The molecule has 0 rings (SSSR count). The van der Waals surface area contributed by atoms with Gasteiger partial charge in [0, 0.05) is 12.9 Å².